The molecule has 86 valence electrons. The van der Waals surface area contributed by atoms with Crippen LogP contribution >= 0.6 is 0 Å². The molecule has 0 bridgehead atoms. The van der Waals surface area contributed by atoms with Crippen LogP contribution in [0.15, 0.2) is 24.3 Å². The van der Waals surface area contributed by atoms with E-state index in [1.165, 1.54) is 0 Å². The molecule has 1 aliphatic rings. The van der Waals surface area contributed by atoms with Crippen LogP contribution in [0.2, 0.25) is 0 Å². The molecule has 3 nitrogen and oxygen atoms in total. The number of ether oxygens (including phenoxy) is 2. The van der Waals surface area contributed by atoms with Gasteiger partial charge in [0, 0.05) is 6.61 Å². The van der Waals surface area contributed by atoms with Crippen LogP contribution in [0.4, 0.5) is 0 Å². The molecule has 0 spiro atoms. The summed E-state index contributed by atoms with van der Waals surface area (Å²) in [5, 5.41) is 0. The summed E-state index contributed by atoms with van der Waals surface area (Å²) in [5.74, 6) is 0.983. The Morgan fingerprint density at radius 2 is 2.06 bits per heavy atom. The van der Waals surface area contributed by atoms with Gasteiger partial charge >= 0.3 is 0 Å². The predicted molar refractivity (Wildman–Crippen MR) is 60.8 cm³/mol. The Labute approximate surface area is 95.4 Å². The predicted octanol–water partition coefficient (Wildman–Crippen LogP) is 1.94. The normalized spacial score (nSPS) is 24.4. The van der Waals surface area contributed by atoms with Crippen LogP contribution in [0, 0.1) is 0 Å². The monoisotopic (exact) mass is 220 g/mol. The zero-order chi connectivity index (χ0) is 11.6. The van der Waals surface area contributed by atoms with Crippen LogP contribution in [-0.4, -0.2) is 26.1 Å². The van der Waals surface area contributed by atoms with Gasteiger partial charge in [0.25, 0.3) is 0 Å². The Morgan fingerprint density at radius 1 is 1.38 bits per heavy atom. The van der Waals surface area contributed by atoms with Crippen LogP contribution in [0.3, 0.4) is 0 Å². The average molecular weight is 220 g/mol. The van der Waals surface area contributed by atoms with Crippen LogP contribution in [0.1, 0.15) is 18.9 Å². The van der Waals surface area contributed by atoms with Gasteiger partial charge in [0.2, 0.25) is 0 Å². The third-order valence-corrected chi connectivity index (χ3v) is 3.34. The second-order valence-corrected chi connectivity index (χ2v) is 4.17. The van der Waals surface area contributed by atoms with Crippen molar-refractivity contribution in [3.63, 3.8) is 0 Å². The van der Waals surface area contributed by atoms with Crippen molar-refractivity contribution in [3.05, 3.63) is 29.8 Å². The van der Waals surface area contributed by atoms with Crippen LogP contribution in [-0.2, 0) is 14.9 Å². The van der Waals surface area contributed by atoms with Gasteiger partial charge in [-0.15, -0.1) is 0 Å². The Kier molecular flexibility index (Phi) is 2.97. The lowest BCUT2D eigenvalue weighted by molar-refractivity contribution is -0.122. The maximum atomic E-state index is 11.8. The van der Waals surface area contributed by atoms with Crippen molar-refractivity contribution in [2.45, 2.75) is 18.8 Å². The maximum absolute atomic E-state index is 11.8. The van der Waals surface area contributed by atoms with E-state index in [0.717, 1.165) is 17.7 Å². The first-order valence-corrected chi connectivity index (χ1v) is 5.42. The molecule has 0 aliphatic carbocycles. The first-order chi connectivity index (χ1) is 7.69. The third kappa shape index (κ3) is 1.71. The van der Waals surface area contributed by atoms with Crippen molar-refractivity contribution in [3.8, 4) is 5.75 Å². The summed E-state index contributed by atoms with van der Waals surface area (Å²) in [7, 11) is 1.63. The lowest BCUT2D eigenvalue weighted by Crippen LogP contribution is -2.34. The first kappa shape index (κ1) is 11.1. The second kappa shape index (κ2) is 4.26. The maximum Gasteiger partial charge on any atom is 0.142 e. The largest absolute Gasteiger partial charge is 0.497 e. The van der Waals surface area contributed by atoms with E-state index in [1.807, 2.05) is 24.3 Å². The number of methoxy groups -OCH3 is 1. The molecular weight excluding hydrogens is 204 g/mol. The van der Waals surface area contributed by atoms with Gasteiger partial charge in [-0.2, -0.15) is 0 Å². The summed E-state index contributed by atoms with van der Waals surface area (Å²) >= 11 is 0. The number of hydrogen-bond acceptors (Lipinski definition) is 3. The number of rotatable bonds is 3. The van der Waals surface area contributed by atoms with E-state index in [9.17, 15) is 4.79 Å². The Balaban J connectivity index is 2.36. The van der Waals surface area contributed by atoms with Crippen LogP contribution < -0.4 is 4.74 Å². The number of carbonyl (C=O) groups excluding carboxylic acids is 1. The number of Topliss-reactive ketones (excluding diaryl/α,β-unsaturated/α-hetero) is 1. The smallest absolute Gasteiger partial charge is 0.142 e. The molecule has 1 saturated heterocycles. The minimum Gasteiger partial charge on any atom is -0.497 e. The van der Waals surface area contributed by atoms with E-state index in [4.69, 9.17) is 9.47 Å². The molecule has 1 aromatic carbocycles. The molecule has 0 radical (unpaired) electrons. The van der Waals surface area contributed by atoms with Gasteiger partial charge in [-0.25, -0.2) is 0 Å². The molecule has 0 saturated carbocycles. The van der Waals surface area contributed by atoms with E-state index >= 15 is 0 Å². The first-order valence-electron chi connectivity index (χ1n) is 5.42. The van der Waals surface area contributed by atoms with Gasteiger partial charge in [-0.05, 0) is 31.0 Å². The highest BCUT2D eigenvalue weighted by Gasteiger charge is 2.41. The lowest BCUT2D eigenvalue weighted by Gasteiger charge is -2.24. The van der Waals surface area contributed by atoms with Gasteiger partial charge in [0.1, 0.15) is 11.5 Å². The molecule has 16 heavy (non-hydrogen) atoms. The highest BCUT2D eigenvalue weighted by molar-refractivity contribution is 5.88. The van der Waals surface area contributed by atoms with Gasteiger partial charge in [-0.1, -0.05) is 12.1 Å². The lowest BCUT2D eigenvalue weighted by atomic mass is 9.77. The fourth-order valence-electron chi connectivity index (χ4n) is 2.18. The van der Waals surface area contributed by atoms with E-state index < -0.39 is 5.41 Å². The fraction of sp³-hybridized carbons (Fsp3) is 0.462. The van der Waals surface area contributed by atoms with Crippen molar-refractivity contribution in [1.29, 1.82) is 0 Å². The van der Waals surface area contributed by atoms with Crippen molar-refractivity contribution in [2.24, 2.45) is 0 Å². The molecular formula is C13H16O3. The zero-order valence-corrected chi connectivity index (χ0v) is 9.66. The van der Waals surface area contributed by atoms with E-state index in [-0.39, 0.29) is 5.78 Å². The van der Waals surface area contributed by atoms with E-state index in [1.54, 1.807) is 14.0 Å². The summed E-state index contributed by atoms with van der Waals surface area (Å²) in [6, 6.07) is 7.68. The number of ketones is 1. The molecule has 1 aliphatic heterocycles. The van der Waals surface area contributed by atoms with Crippen molar-refractivity contribution in [1.82, 2.24) is 0 Å². The third-order valence-electron chi connectivity index (χ3n) is 3.34. The molecule has 3 heteroatoms. The zero-order valence-electron chi connectivity index (χ0n) is 9.66. The van der Waals surface area contributed by atoms with Crippen LogP contribution in [0.25, 0.3) is 0 Å². The Morgan fingerprint density at radius 3 is 2.50 bits per heavy atom. The quantitative estimate of drug-likeness (QED) is 0.781. The molecule has 1 atom stereocenters. The van der Waals surface area contributed by atoms with Crippen molar-refractivity contribution in [2.75, 3.05) is 20.3 Å². The van der Waals surface area contributed by atoms with E-state index in [2.05, 4.69) is 0 Å². The summed E-state index contributed by atoms with van der Waals surface area (Å²) in [6.45, 7) is 2.79. The summed E-state index contributed by atoms with van der Waals surface area (Å²) < 4.78 is 10.5. The Bertz CT molecular complexity index is 375. The molecule has 0 amide bonds. The highest BCUT2D eigenvalue weighted by atomic mass is 16.5. The number of hydrogen-bond donors (Lipinski definition) is 0. The Hall–Kier alpha value is -1.35. The molecule has 1 fully saturated rings. The summed E-state index contributed by atoms with van der Waals surface area (Å²) in [4.78, 5) is 11.8. The SMILES string of the molecule is COc1ccc(C2(C(C)=O)CCOC2)cc1. The van der Waals surface area contributed by atoms with Crippen LogP contribution in [0.5, 0.6) is 5.75 Å². The van der Waals surface area contributed by atoms with Gasteiger partial charge in [-0.3, -0.25) is 4.79 Å². The summed E-state index contributed by atoms with van der Waals surface area (Å²) in [5.41, 5.74) is 0.588. The van der Waals surface area contributed by atoms with Gasteiger partial charge < -0.3 is 9.47 Å². The number of carbonyl (C=O) groups is 1. The number of benzene rings is 1. The summed E-state index contributed by atoms with van der Waals surface area (Å²) in [6.07, 6.45) is 0.772. The fourth-order valence-corrected chi connectivity index (χ4v) is 2.18. The molecule has 0 aromatic heterocycles. The second-order valence-electron chi connectivity index (χ2n) is 4.17. The molecule has 1 unspecified atom stereocenters. The van der Waals surface area contributed by atoms with Crippen molar-refractivity contribution >= 4 is 5.78 Å². The molecule has 2 rings (SSSR count). The standard InChI is InChI=1S/C13H16O3/c1-10(14)13(7-8-16-9-13)11-3-5-12(15-2)6-4-11/h3-6H,7-9H2,1-2H3. The van der Waals surface area contributed by atoms with Crippen molar-refractivity contribution < 1.29 is 14.3 Å². The van der Waals surface area contributed by atoms with E-state index in [0.29, 0.717) is 13.2 Å². The molecule has 1 heterocycles. The highest BCUT2D eigenvalue weighted by Crippen LogP contribution is 2.34. The van der Waals surface area contributed by atoms with Gasteiger partial charge in [0.15, 0.2) is 0 Å². The molecule has 1 aromatic rings. The topological polar surface area (TPSA) is 35.5 Å². The molecule has 0 N–H and O–H groups in total. The minimum atomic E-state index is -0.438. The average Bonchev–Trinajstić information content (AvgIpc) is 2.79. The minimum absolute atomic E-state index is 0.176. The van der Waals surface area contributed by atoms with Gasteiger partial charge in [0.05, 0.1) is 19.1 Å².